The first kappa shape index (κ1) is 16.3. The van der Waals surface area contributed by atoms with Crippen molar-refractivity contribution in [3.63, 3.8) is 0 Å². The number of hydrogen-bond acceptors (Lipinski definition) is 3. The molecule has 3 nitrogen and oxygen atoms in total. The molecule has 1 aliphatic rings. The van der Waals surface area contributed by atoms with E-state index in [1.165, 1.54) is 43.5 Å². The van der Waals surface area contributed by atoms with E-state index < -0.39 is 0 Å². The summed E-state index contributed by atoms with van der Waals surface area (Å²) in [5.74, 6) is 2.12. The van der Waals surface area contributed by atoms with Crippen molar-refractivity contribution in [2.45, 2.75) is 58.9 Å². The molecule has 1 aromatic heterocycles. The van der Waals surface area contributed by atoms with E-state index in [9.17, 15) is 0 Å². The second-order valence-corrected chi connectivity index (χ2v) is 6.31. The highest BCUT2D eigenvalue weighted by molar-refractivity contribution is 5.48. The highest BCUT2D eigenvalue weighted by Crippen LogP contribution is 2.29. The van der Waals surface area contributed by atoms with Crippen LogP contribution in [0.2, 0.25) is 0 Å². The van der Waals surface area contributed by atoms with E-state index in [4.69, 9.17) is 0 Å². The molecular weight excluding hydrogens is 258 g/mol. The molecule has 1 N–H and O–H groups in total. The Labute approximate surface area is 130 Å². The fourth-order valence-electron chi connectivity index (χ4n) is 3.32. The van der Waals surface area contributed by atoms with Crippen LogP contribution in [0.25, 0.3) is 0 Å². The van der Waals surface area contributed by atoms with Crippen molar-refractivity contribution in [1.29, 1.82) is 0 Å². The number of rotatable bonds is 7. The number of piperidine rings is 1. The van der Waals surface area contributed by atoms with Gasteiger partial charge in [-0.2, -0.15) is 0 Å². The minimum atomic E-state index is 0.377. The van der Waals surface area contributed by atoms with E-state index >= 15 is 0 Å². The lowest BCUT2D eigenvalue weighted by Gasteiger charge is -2.34. The Balaban J connectivity index is 2.03. The van der Waals surface area contributed by atoms with E-state index in [1.807, 2.05) is 6.20 Å². The quantitative estimate of drug-likeness (QED) is 0.817. The van der Waals surface area contributed by atoms with Crippen molar-refractivity contribution in [1.82, 2.24) is 10.3 Å². The van der Waals surface area contributed by atoms with Crippen LogP contribution in [0.1, 0.15) is 64.5 Å². The van der Waals surface area contributed by atoms with Gasteiger partial charge in [0.2, 0.25) is 0 Å². The Morgan fingerprint density at radius 2 is 2.05 bits per heavy atom. The predicted octanol–water partition coefficient (Wildman–Crippen LogP) is 4.16. The van der Waals surface area contributed by atoms with Crippen molar-refractivity contribution in [3.8, 4) is 0 Å². The Bertz CT molecular complexity index is 411. The maximum Gasteiger partial charge on any atom is 0.133 e. The monoisotopic (exact) mass is 289 g/mol. The predicted molar refractivity (Wildman–Crippen MR) is 90.8 cm³/mol. The third-order valence-corrected chi connectivity index (χ3v) is 4.59. The first-order valence-corrected chi connectivity index (χ1v) is 8.69. The van der Waals surface area contributed by atoms with Crippen LogP contribution >= 0.6 is 0 Å². The van der Waals surface area contributed by atoms with Crippen LogP contribution in [0.15, 0.2) is 18.3 Å². The lowest BCUT2D eigenvalue weighted by atomic mass is 9.92. The molecule has 0 aliphatic carbocycles. The maximum absolute atomic E-state index is 4.69. The molecule has 2 heterocycles. The van der Waals surface area contributed by atoms with Crippen LogP contribution in [-0.4, -0.2) is 24.6 Å². The van der Waals surface area contributed by atoms with Crippen LogP contribution < -0.4 is 10.2 Å². The largest absolute Gasteiger partial charge is 0.356 e. The number of anilines is 1. The molecule has 1 fully saturated rings. The summed E-state index contributed by atoms with van der Waals surface area (Å²) in [6.45, 7) is 10.1. The molecular formula is C18H31N3. The fraction of sp³-hybridized carbons (Fsp3) is 0.722. The van der Waals surface area contributed by atoms with E-state index in [0.29, 0.717) is 6.04 Å². The Hall–Kier alpha value is -1.09. The van der Waals surface area contributed by atoms with Crippen molar-refractivity contribution in [3.05, 3.63) is 23.9 Å². The minimum Gasteiger partial charge on any atom is -0.356 e. The van der Waals surface area contributed by atoms with Crippen LogP contribution in [-0.2, 0) is 0 Å². The van der Waals surface area contributed by atoms with Crippen LogP contribution in [0.3, 0.4) is 0 Å². The summed E-state index contributed by atoms with van der Waals surface area (Å²) in [6.07, 6.45) is 8.45. The van der Waals surface area contributed by atoms with Crippen molar-refractivity contribution in [2.24, 2.45) is 5.92 Å². The van der Waals surface area contributed by atoms with Gasteiger partial charge in [-0.15, -0.1) is 0 Å². The molecule has 2 rings (SSSR count). The van der Waals surface area contributed by atoms with Gasteiger partial charge in [0.25, 0.3) is 0 Å². The smallest absolute Gasteiger partial charge is 0.133 e. The van der Waals surface area contributed by atoms with Crippen molar-refractivity contribution >= 4 is 5.82 Å². The van der Waals surface area contributed by atoms with Crippen LogP contribution in [0, 0.1) is 5.92 Å². The molecule has 21 heavy (non-hydrogen) atoms. The third-order valence-electron chi connectivity index (χ3n) is 4.59. The Morgan fingerprint density at radius 3 is 2.71 bits per heavy atom. The topological polar surface area (TPSA) is 28.2 Å². The maximum atomic E-state index is 4.69. The Kier molecular flexibility index (Phi) is 6.50. The van der Waals surface area contributed by atoms with Crippen molar-refractivity contribution in [2.75, 3.05) is 24.5 Å². The minimum absolute atomic E-state index is 0.377. The molecule has 118 valence electrons. The first-order valence-electron chi connectivity index (χ1n) is 8.69. The van der Waals surface area contributed by atoms with E-state index in [-0.39, 0.29) is 0 Å². The fourth-order valence-corrected chi connectivity index (χ4v) is 3.32. The van der Waals surface area contributed by atoms with Gasteiger partial charge in [0.1, 0.15) is 5.82 Å². The van der Waals surface area contributed by atoms with E-state index in [1.54, 1.807) is 0 Å². The average molecular weight is 289 g/mol. The number of hydrogen-bond donors (Lipinski definition) is 1. The van der Waals surface area contributed by atoms with E-state index in [2.05, 4.69) is 48.1 Å². The SMILES string of the molecule is CCCNC(C)c1cccnc1N1CCC(CCC)CC1. The van der Waals surface area contributed by atoms with Gasteiger partial charge in [0, 0.05) is 30.9 Å². The second kappa shape index (κ2) is 8.38. The van der Waals surface area contributed by atoms with Crippen LogP contribution in [0.4, 0.5) is 5.82 Å². The van der Waals surface area contributed by atoms with Gasteiger partial charge in [0.15, 0.2) is 0 Å². The Morgan fingerprint density at radius 1 is 1.29 bits per heavy atom. The molecule has 1 unspecified atom stereocenters. The highest BCUT2D eigenvalue weighted by atomic mass is 15.2. The molecule has 0 saturated carbocycles. The molecule has 1 aromatic rings. The molecule has 3 heteroatoms. The second-order valence-electron chi connectivity index (χ2n) is 6.31. The molecule has 1 aliphatic heterocycles. The molecule has 0 aromatic carbocycles. The summed E-state index contributed by atoms with van der Waals surface area (Å²) in [6, 6.07) is 4.67. The first-order chi connectivity index (χ1) is 10.3. The number of nitrogens with zero attached hydrogens (tertiary/aromatic N) is 2. The standard InChI is InChI=1S/C18H31N3/c1-4-7-16-9-13-21(14-10-16)18-17(8-6-12-20-18)15(3)19-11-5-2/h6,8,12,15-16,19H,4-5,7,9-11,13-14H2,1-3H3. The zero-order valence-corrected chi connectivity index (χ0v) is 13.9. The van der Waals surface area contributed by atoms with Gasteiger partial charge >= 0.3 is 0 Å². The molecule has 0 amide bonds. The van der Waals surface area contributed by atoms with Crippen LogP contribution in [0.5, 0.6) is 0 Å². The van der Waals surface area contributed by atoms with Gasteiger partial charge in [-0.05, 0) is 44.7 Å². The number of aromatic nitrogens is 1. The zero-order chi connectivity index (χ0) is 15.1. The molecule has 0 bridgehead atoms. The zero-order valence-electron chi connectivity index (χ0n) is 13.9. The summed E-state index contributed by atoms with van der Waals surface area (Å²) in [7, 11) is 0. The lowest BCUT2D eigenvalue weighted by molar-refractivity contribution is 0.376. The van der Waals surface area contributed by atoms with Gasteiger partial charge in [0.05, 0.1) is 0 Å². The molecule has 1 atom stereocenters. The molecule has 1 saturated heterocycles. The molecule has 0 spiro atoms. The van der Waals surface area contributed by atoms with Gasteiger partial charge in [-0.25, -0.2) is 4.98 Å². The van der Waals surface area contributed by atoms with Gasteiger partial charge < -0.3 is 10.2 Å². The average Bonchev–Trinajstić information content (AvgIpc) is 2.54. The summed E-state index contributed by atoms with van der Waals surface area (Å²) < 4.78 is 0. The lowest BCUT2D eigenvalue weighted by Crippen LogP contribution is -2.35. The van der Waals surface area contributed by atoms with E-state index in [0.717, 1.165) is 25.6 Å². The third kappa shape index (κ3) is 4.44. The summed E-state index contributed by atoms with van der Waals surface area (Å²) in [5, 5.41) is 3.59. The van der Waals surface area contributed by atoms with Crippen molar-refractivity contribution < 1.29 is 0 Å². The van der Waals surface area contributed by atoms with Gasteiger partial charge in [-0.3, -0.25) is 0 Å². The highest BCUT2D eigenvalue weighted by Gasteiger charge is 2.22. The molecule has 0 radical (unpaired) electrons. The summed E-state index contributed by atoms with van der Waals surface area (Å²) in [5.41, 5.74) is 1.35. The summed E-state index contributed by atoms with van der Waals surface area (Å²) in [4.78, 5) is 7.18. The normalized spacial score (nSPS) is 18.0. The summed E-state index contributed by atoms with van der Waals surface area (Å²) >= 11 is 0. The number of pyridine rings is 1. The van der Waals surface area contributed by atoms with Gasteiger partial charge in [-0.1, -0.05) is 32.8 Å². The number of nitrogens with one attached hydrogen (secondary N) is 1.